The van der Waals surface area contributed by atoms with E-state index in [1.165, 1.54) is 70.6 Å². The minimum absolute atomic E-state index is 0.0659. The molecule has 0 aromatic heterocycles. The lowest BCUT2D eigenvalue weighted by Crippen LogP contribution is -2.11. The zero-order chi connectivity index (χ0) is 24.4. The maximum atomic E-state index is 12.9. The maximum absolute atomic E-state index is 12.9. The fraction of sp³-hybridized carbons (Fsp3) is 0.581. The number of hydrogen-bond donors (Lipinski definition) is 1. The molecule has 0 bridgehead atoms. The molecule has 1 N–H and O–H groups in total. The molecular formula is C31H46O3. The van der Waals surface area contributed by atoms with Gasteiger partial charge < -0.3 is 9.84 Å². The van der Waals surface area contributed by atoms with Crippen LogP contribution in [-0.2, 0) is 12.8 Å². The summed E-state index contributed by atoms with van der Waals surface area (Å²) in [4.78, 5) is 12.9. The molecule has 0 heterocycles. The average molecular weight is 467 g/mol. The molecule has 0 amide bonds. The van der Waals surface area contributed by atoms with Crippen LogP contribution in [0, 0.1) is 0 Å². The monoisotopic (exact) mass is 466 g/mol. The van der Waals surface area contributed by atoms with E-state index >= 15 is 0 Å². The summed E-state index contributed by atoms with van der Waals surface area (Å²) >= 11 is 0. The standard InChI is InChI=1S/C31H46O3/c1-3-5-7-9-10-11-12-13-14-16-20-26-21-17-18-25-29(26)34-31(33)28-24-19-23-27(30(28)32)22-15-8-6-4-2/h17-19,21,23-25,32H,3-16,20,22H2,1-2H3. The van der Waals surface area contributed by atoms with Crippen LogP contribution in [0.15, 0.2) is 42.5 Å². The van der Waals surface area contributed by atoms with Crippen LogP contribution < -0.4 is 4.74 Å². The largest absolute Gasteiger partial charge is 0.507 e. The zero-order valence-electron chi connectivity index (χ0n) is 21.6. The molecule has 0 spiro atoms. The van der Waals surface area contributed by atoms with Crippen LogP contribution in [0.2, 0.25) is 0 Å². The van der Waals surface area contributed by atoms with Gasteiger partial charge in [0.1, 0.15) is 17.1 Å². The molecule has 188 valence electrons. The quantitative estimate of drug-likeness (QED) is 0.135. The zero-order valence-corrected chi connectivity index (χ0v) is 21.6. The van der Waals surface area contributed by atoms with Crippen molar-refractivity contribution >= 4 is 5.97 Å². The van der Waals surface area contributed by atoms with Gasteiger partial charge in [0.25, 0.3) is 0 Å². The van der Waals surface area contributed by atoms with Crippen LogP contribution in [-0.4, -0.2) is 11.1 Å². The molecular weight excluding hydrogens is 420 g/mol. The molecule has 2 rings (SSSR count). The number of phenolic OH excluding ortho intramolecular Hbond substituents is 1. The van der Waals surface area contributed by atoms with E-state index in [9.17, 15) is 9.90 Å². The van der Waals surface area contributed by atoms with Crippen LogP contribution in [0.25, 0.3) is 0 Å². The predicted octanol–water partition coefficient (Wildman–Crippen LogP) is 9.20. The number of aryl methyl sites for hydroxylation is 2. The minimum atomic E-state index is -0.483. The first-order valence-corrected chi connectivity index (χ1v) is 13.8. The van der Waals surface area contributed by atoms with Crippen LogP contribution in [0.1, 0.15) is 125 Å². The lowest BCUT2D eigenvalue weighted by atomic mass is 10.0. The van der Waals surface area contributed by atoms with Crippen molar-refractivity contribution in [3.63, 3.8) is 0 Å². The molecule has 2 aromatic rings. The second-order valence-electron chi connectivity index (χ2n) is 9.55. The Morgan fingerprint density at radius 3 is 1.79 bits per heavy atom. The highest BCUT2D eigenvalue weighted by Gasteiger charge is 2.17. The number of para-hydroxylation sites is 2. The summed E-state index contributed by atoms with van der Waals surface area (Å²) in [5.41, 5.74) is 2.14. The Bertz CT molecular complexity index is 827. The van der Waals surface area contributed by atoms with Gasteiger partial charge in [-0.15, -0.1) is 0 Å². The van der Waals surface area contributed by atoms with E-state index in [1.54, 1.807) is 6.07 Å². The Kier molecular flexibility index (Phi) is 14.1. The van der Waals surface area contributed by atoms with Crippen LogP contribution in [0.5, 0.6) is 11.5 Å². The lowest BCUT2D eigenvalue weighted by Gasteiger charge is -2.12. The van der Waals surface area contributed by atoms with Crippen molar-refractivity contribution in [2.75, 3.05) is 0 Å². The molecule has 2 aromatic carbocycles. The molecule has 0 aliphatic rings. The number of hydrogen-bond acceptors (Lipinski definition) is 3. The Balaban J connectivity index is 1.81. The van der Waals surface area contributed by atoms with Crippen molar-refractivity contribution in [1.29, 1.82) is 0 Å². The molecule has 3 nitrogen and oxygen atoms in total. The number of ether oxygens (including phenoxy) is 1. The van der Waals surface area contributed by atoms with Gasteiger partial charge in [-0.25, -0.2) is 4.79 Å². The van der Waals surface area contributed by atoms with Crippen molar-refractivity contribution in [2.45, 2.75) is 117 Å². The number of esters is 1. The van der Waals surface area contributed by atoms with Crippen molar-refractivity contribution in [2.24, 2.45) is 0 Å². The number of phenols is 1. The third-order valence-electron chi connectivity index (χ3n) is 6.61. The van der Waals surface area contributed by atoms with Gasteiger partial charge in [-0.1, -0.05) is 121 Å². The average Bonchev–Trinajstić information content (AvgIpc) is 2.84. The molecule has 34 heavy (non-hydrogen) atoms. The van der Waals surface area contributed by atoms with E-state index in [-0.39, 0.29) is 11.3 Å². The van der Waals surface area contributed by atoms with E-state index in [4.69, 9.17) is 4.74 Å². The van der Waals surface area contributed by atoms with E-state index < -0.39 is 5.97 Å². The SMILES string of the molecule is CCCCCCCCCCCCc1ccccc1OC(=O)c1cccc(CCCCCC)c1O. The molecule has 0 aliphatic carbocycles. The van der Waals surface area contributed by atoms with Gasteiger partial charge in [0.05, 0.1) is 0 Å². The van der Waals surface area contributed by atoms with Gasteiger partial charge >= 0.3 is 5.97 Å². The van der Waals surface area contributed by atoms with E-state index in [2.05, 4.69) is 13.8 Å². The van der Waals surface area contributed by atoms with E-state index in [1.807, 2.05) is 36.4 Å². The smallest absolute Gasteiger partial charge is 0.347 e. The molecule has 0 unspecified atom stereocenters. The Hall–Kier alpha value is -2.29. The Morgan fingerprint density at radius 1 is 0.647 bits per heavy atom. The Labute approximate surface area is 207 Å². The van der Waals surface area contributed by atoms with Gasteiger partial charge in [0.15, 0.2) is 0 Å². The van der Waals surface area contributed by atoms with Crippen molar-refractivity contribution in [3.05, 3.63) is 59.2 Å². The number of benzene rings is 2. The number of carbonyl (C=O) groups is 1. The first-order chi connectivity index (χ1) is 16.7. The number of unbranched alkanes of at least 4 members (excludes halogenated alkanes) is 12. The van der Waals surface area contributed by atoms with Crippen LogP contribution in [0.3, 0.4) is 0 Å². The van der Waals surface area contributed by atoms with Crippen LogP contribution >= 0.6 is 0 Å². The first-order valence-electron chi connectivity index (χ1n) is 13.8. The summed E-state index contributed by atoms with van der Waals surface area (Å²) < 4.78 is 5.75. The number of aromatic hydroxyl groups is 1. The van der Waals surface area contributed by atoms with Crippen LogP contribution in [0.4, 0.5) is 0 Å². The van der Waals surface area contributed by atoms with E-state index in [0.29, 0.717) is 5.75 Å². The summed E-state index contributed by atoms with van der Waals surface area (Å²) in [6, 6.07) is 13.2. The topological polar surface area (TPSA) is 46.5 Å². The molecule has 0 aliphatic heterocycles. The molecule has 0 radical (unpaired) electrons. The molecule has 0 fully saturated rings. The lowest BCUT2D eigenvalue weighted by molar-refractivity contribution is 0.0729. The highest BCUT2D eigenvalue weighted by molar-refractivity contribution is 5.94. The first kappa shape index (κ1) is 28.0. The fourth-order valence-corrected chi connectivity index (χ4v) is 4.47. The molecule has 0 atom stereocenters. The number of carbonyl (C=O) groups excluding carboxylic acids is 1. The fourth-order valence-electron chi connectivity index (χ4n) is 4.47. The van der Waals surface area contributed by atoms with Gasteiger partial charge in [0.2, 0.25) is 0 Å². The van der Waals surface area contributed by atoms with E-state index in [0.717, 1.165) is 43.2 Å². The number of rotatable bonds is 18. The van der Waals surface area contributed by atoms with Crippen molar-refractivity contribution < 1.29 is 14.6 Å². The molecule has 0 saturated carbocycles. The summed E-state index contributed by atoms with van der Waals surface area (Å²) in [5, 5.41) is 10.7. The van der Waals surface area contributed by atoms with Crippen molar-refractivity contribution in [1.82, 2.24) is 0 Å². The third kappa shape index (κ3) is 10.3. The summed E-state index contributed by atoms with van der Waals surface area (Å²) in [5.74, 6) is 0.191. The second kappa shape index (κ2) is 17.2. The summed E-state index contributed by atoms with van der Waals surface area (Å²) in [6.07, 6.45) is 19.3. The highest BCUT2D eigenvalue weighted by Crippen LogP contribution is 2.27. The predicted molar refractivity (Wildman–Crippen MR) is 143 cm³/mol. The second-order valence-corrected chi connectivity index (χ2v) is 9.55. The third-order valence-corrected chi connectivity index (χ3v) is 6.61. The van der Waals surface area contributed by atoms with Gasteiger partial charge in [-0.2, -0.15) is 0 Å². The summed E-state index contributed by atoms with van der Waals surface area (Å²) in [6.45, 7) is 4.44. The Morgan fingerprint density at radius 2 is 1.15 bits per heavy atom. The molecule has 3 heteroatoms. The van der Waals surface area contributed by atoms with Gasteiger partial charge in [0, 0.05) is 0 Å². The van der Waals surface area contributed by atoms with Crippen molar-refractivity contribution in [3.8, 4) is 11.5 Å². The normalized spacial score (nSPS) is 11.0. The minimum Gasteiger partial charge on any atom is -0.507 e. The maximum Gasteiger partial charge on any atom is 0.347 e. The highest BCUT2D eigenvalue weighted by atomic mass is 16.5. The van der Waals surface area contributed by atoms with Gasteiger partial charge in [-0.3, -0.25) is 0 Å². The van der Waals surface area contributed by atoms with Gasteiger partial charge in [-0.05, 0) is 48.9 Å². The molecule has 0 saturated heterocycles. The summed E-state index contributed by atoms with van der Waals surface area (Å²) in [7, 11) is 0.